The van der Waals surface area contributed by atoms with Crippen LogP contribution in [0.25, 0.3) is 5.69 Å². The average Bonchev–Trinajstić information content (AvgIpc) is 2.81. The van der Waals surface area contributed by atoms with E-state index in [1.54, 1.807) is 0 Å². The molecule has 1 N–H and O–H groups in total. The van der Waals surface area contributed by atoms with Crippen LogP contribution in [0.4, 0.5) is 0 Å². The molecule has 1 heterocycles. The second-order valence-corrected chi connectivity index (χ2v) is 4.95. The zero-order valence-corrected chi connectivity index (χ0v) is 12.8. The number of hydrogen-bond donors (Lipinski definition) is 1. The third kappa shape index (κ3) is 3.33. The van der Waals surface area contributed by atoms with Crippen LogP contribution < -0.4 is 10.4 Å². The van der Waals surface area contributed by atoms with Crippen LogP contribution in [0, 0.1) is 0 Å². The van der Waals surface area contributed by atoms with E-state index in [2.05, 4.69) is 10.2 Å². The molecule has 21 heavy (non-hydrogen) atoms. The molecule has 6 heteroatoms. The van der Waals surface area contributed by atoms with Crippen molar-refractivity contribution in [2.75, 3.05) is 6.61 Å². The minimum atomic E-state index is -0.309. The lowest BCUT2D eigenvalue weighted by molar-refractivity contribution is 0.0118. The summed E-state index contributed by atoms with van der Waals surface area (Å²) in [6, 6.07) is 7.38. The largest absolute Gasteiger partial charge is 0.492 e. The van der Waals surface area contributed by atoms with Crippen molar-refractivity contribution in [1.29, 1.82) is 0 Å². The zero-order valence-electron chi connectivity index (χ0n) is 12.8. The molecular weight excluding hydrogens is 270 g/mol. The van der Waals surface area contributed by atoms with Crippen molar-refractivity contribution in [2.24, 2.45) is 0 Å². The van der Waals surface area contributed by atoms with Gasteiger partial charge < -0.3 is 9.47 Å². The van der Waals surface area contributed by atoms with Gasteiger partial charge in [0.25, 0.3) is 0 Å². The Morgan fingerprint density at radius 3 is 2.67 bits per heavy atom. The van der Waals surface area contributed by atoms with Gasteiger partial charge in [0.05, 0.1) is 18.4 Å². The summed E-state index contributed by atoms with van der Waals surface area (Å²) in [4.78, 5) is 12.1. The van der Waals surface area contributed by atoms with E-state index < -0.39 is 0 Å². The highest BCUT2D eigenvalue weighted by Crippen LogP contribution is 2.25. The number of para-hydroxylation sites is 2. The van der Waals surface area contributed by atoms with Crippen LogP contribution in [-0.4, -0.2) is 27.5 Å². The second kappa shape index (κ2) is 6.58. The number of nitrogens with one attached hydrogen (secondary N) is 1. The number of benzene rings is 1. The summed E-state index contributed by atoms with van der Waals surface area (Å²) >= 11 is 0. The van der Waals surface area contributed by atoms with Gasteiger partial charge in [-0.15, -0.1) is 0 Å². The van der Waals surface area contributed by atoms with Crippen molar-refractivity contribution in [1.82, 2.24) is 14.8 Å². The summed E-state index contributed by atoms with van der Waals surface area (Å²) in [5, 5.41) is 6.57. The number of H-pyrrole nitrogens is 1. The van der Waals surface area contributed by atoms with Crippen LogP contribution >= 0.6 is 0 Å². The Morgan fingerprint density at radius 1 is 1.29 bits per heavy atom. The lowest BCUT2D eigenvalue weighted by Gasteiger charge is -2.17. The van der Waals surface area contributed by atoms with Crippen LogP contribution in [0.2, 0.25) is 0 Å². The predicted octanol–water partition coefficient (Wildman–Crippen LogP) is 2.45. The van der Waals surface area contributed by atoms with Crippen LogP contribution in [0.15, 0.2) is 29.1 Å². The third-order valence-corrected chi connectivity index (χ3v) is 2.94. The van der Waals surface area contributed by atoms with Crippen molar-refractivity contribution >= 4 is 0 Å². The summed E-state index contributed by atoms with van der Waals surface area (Å²) in [6.07, 6.45) is -0.263. The Bertz CT molecular complexity index is 646. The van der Waals surface area contributed by atoms with Gasteiger partial charge in [0.15, 0.2) is 5.82 Å². The van der Waals surface area contributed by atoms with Gasteiger partial charge in [-0.25, -0.2) is 14.5 Å². The number of nitrogens with zero attached hydrogens (tertiary/aromatic N) is 2. The standard InChI is InChI=1S/C15H21N3O3/c1-5-20-13-9-7-6-8-12(13)18-14(16-17-15(18)19)11(4)21-10(2)3/h6-11H,5H2,1-4H3,(H,17,19)/t11-/m0/s1. The number of ether oxygens (including phenoxy) is 2. The van der Waals surface area contributed by atoms with E-state index in [0.717, 1.165) is 0 Å². The van der Waals surface area contributed by atoms with Crippen LogP contribution in [0.3, 0.4) is 0 Å². The van der Waals surface area contributed by atoms with E-state index in [-0.39, 0.29) is 17.9 Å². The highest BCUT2D eigenvalue weighted by atomic mass is 16.5. The first kappa shape index (κ1) is 15.3. The molecule has 0 saturated carbocycles. The van der Waals surface area contributed by atoms with Gasteiger partial charge in [-0.2, -0.15) is 5.10 Å². The number of aromatic nitrogens is 3. The monoisotopic (exact) mass is 291 g/mol. The SMILES string of the molecule is CCOc1ccccc1-n1c([C@H](C)OC(C)C)n[nH]c1=O. The predicted molar refractivity (Wildman–Crippen MR) is 80.0 cm³/mol. The summed E-state index contributed by atoms with van der Waals surface area (Å²) in [5.74, 6) is 1.17. The molecule has 1 aromatic carbocycles. The molecule has 2 aromatic rings. The molecular formula is C15H21N3O3. The molecule has 0 aliphatic rings. The summed E-state index contributed by atoms with van der Waals surface area (Å²) in [7, 11) is 0. The first-order valence-corrected chi connectivity index (χ1v) is 7.09. The minimum Gasteiger partial charge on any atom is -0.492 e. The maximum atomic E-state index is 12.1. The topological polar surface area (TPSA) is 69.1 Å². The van der Waals surface area contributed by atoms with Crippen molar-refractivity contribution in [3.8, 4) is 11.4 Å². The van der Waals surface area contributed by atoms with E-state index >= 15 is 0 Å². The Kier molecular flexibility index (Phi) is 4.80. The second-order valence-electron chi connectivity index (χ2n) is 4.95. The maximum Gasteiger partial charge on any atom is 0.348 e. The van der Waals surface area contributed by atoms with Crippen LogP contribution in [0.1, 0.15) is 39.6 Å². The molecule has 1 atom stereocenters. The quantitative estimate of drug-likeness (QED) is 0.887. The lowest BCUT2D eigenvalue weighted by atomic mass is 10.2. The van der Waals surface area contributed by atoms with E-state index in [9.17, 15) is 4.79 Å². The molecule has 0 fully saturated rings. The summed E-state index contributed by atoms with van der Waals surface area (Å²) in [5.41, 5.74) is 0.351. The van der Waals surface area contributed by atoms with Crippen molar-refractivity contribution in [3.63, 3.8) is 0 Å². The first-order chi connectivity index (χ1) is 10.0. The van der Waals surface area contributed by atoms with Crippen molar-refractivity contribution in [3.05, 3.63) is 40.6 Å². The van der Waals surface area contributed by atoms with Crippen molar-refractivity contribution < 1.29 is 9.47 Å². The fraction of sp³-hybridized carbons (Fsp3) is 0.467. The fourth-order valence-electron chi connectivity index (χ4n) is 2.20. The van der Waals surface area contributed by atoms with Gasteiger partial charge in [-0.1, -0.05) is 12.1 Å². The van der Waals surface area contributed by atoms with Gasteiger partial charge in [-0.05, 0) is 39.8 Å². The minimum absolute atomic E-state index is 0.0439. The van der Waals surface area contributed by atoms with Gasteiger partial charge in [0, 0.05) is 0 Å². The molecule has 6 nitrogen and oxygen atoms in total. The van der Waals surface area contributed by atoms with E-state index in [0.29, 0.717) is 23.9 Å². The summed E-state index contributed by atoms with van der Waals surface area (Å²) < 4.78 is 12.8. The highest BCUT2D eigenvalue weighted by Gasteiger charge is 2.20. The van der Waals surface area contributed by atoms with Crippen LogP contribution in [-0.2, 0) is 4.74 Å². The Hall–Kier alpha value is -2.08. The molecule has 0 bridgehead atoms. The highest BCUT2D eigenvalue weighted by molar-refractivity contribution is 5.47. The Balaban J connectivity index is 2.49. The molecule has 0 radical (unpaired) electrons. The van der Waals surface area contributed by atoms with E-state index in [1.807, 2.05) is 52.0 Å². The molecule has 0 saturated heterocycles. The van der Waals surface area contributed by atoms with Gasteiger partial charge in [0.2, 0.25) is 0 Å². The normalized spacial score (nSPS) is 12.6. The average molecular weight is 291 g/mol. The molecule has 0 amide bonds. The molecule has 1 aromatic heterocycles. The van der Waals surface area contributed by atoms with Crippen molar-refractivity contribution in [2.45, 2.75) is 39.9 Å². The maximum absolute atomic E-state index is 12.1. The van der Waals surface area contributed by atoms with Gasteiger partial charge in [-0.3, -0.25) is 0 Å². The Labute approximate surface area is 123 Å². The smallest absolute Gasteiger partial charge is 0.348 e. The zero-order chi connectivity index (χ0) is 15.4. The molecule has 114 valence electrons. The van der Waals surface area contributed by atoms with E-state index in [4.69, 9.17) is 9.47 Å². The first-order valence-electron chi connectivity index (χ1n) is 7.09. The number of aromatic amines is 1. The number of rotatable bonds is 6. The van der Waals surface area contributed by atoms with Gasteiger partial charge in [0.1, 0.15) is 11.9 Å². The Morgan fingerprint density at radius 2 is 2.00 bits per heavy atom. The third-order valence-electron chi connectivity index (χ3n) is 2.94. The fourth-order valence-corrected chi connectivity index (χ4v) is 2.20. The van der Waals surface area contributed by atoms with Crippen LogP contribution in [0.5, 0.6) is 5.75 Å². The van der Waals surface area contributed by atoms with E-state index in [1.165, 1.54) is 4.57 Å². The molecule has 0 aliphatic carbocycles. The summed E-state index contributed by atoms with van der Waals surface area (Å²) in [6.45, 7) is 8.19. The molecule has 0 unspecified atom stereocenters. The molecule has 0 spiro atoms. The molecule has 2 rings (SSSR count). The molecule has 0 aliphatic heterocycles. The van der Waals surface area contributed by atoms with Gasteiger partial charge >= 0.3 is 5.69 Å². The lowest BCUT2D eigenvalue weighted by Crippen LogP contribution is -2.20. The number of hydrogen-bond acceptors (Lipinski definition) is 4.